The maximum absolute atomic E-state index is 11.5. The monoisotopic (exact) mass is 244 g/mol. The summed E-state index contributed by atoms with van der Waals surface area (Å²) in [4.78, 5) is 33.8. The lowest BCUT2D eigenvalue weighted by atomic mass is 9.91. The largest absolute Gasteiger partial charge is 0.517 e. The number of hydrogen-bond donors (Lipinski definition) is 0. The summed E-state index contributed by atoms with van der Waals surface area (Å²) in [5, 5.41) is 0. The van der Waals surface area contributed by atoms with Crippen molar-refractivity contribution in [2.75, 3.05) is 6.61 Å². The van der Waals surface area contributed by atoms with Gasteiger partial charge < -0.3 is 14.2 Å². The first-order chi connectivity index (χ1) is 7.86. The second kappa shape index (κ2) is 5.16. The van der Waals surface area contributed by atoms with Crippen molar-refractivity contribution in [3.8, 4) is 0 Å². The molecule has 1 atom stereocenters. The summed E-state index contributed by atoms with van der Waals surface area (Å²) in [7, 11) is 0. The topological polar surface area (TPSA) is 78.9 Å². The molecule has 17 heavy (non-hydrogen) atoms. The van der Waals surface area contributed by atoms with Crippen LogP contribution in [-0.4, -0.2) is 30.8 Å². The van der Waals surface area contributed by atoms with Gasteiger partial charge in [0.15, 0.2) is 0 Å². The first-order valence-corrected chi connectivity index (χ1v) is 5.46. The smallest absolute Gasteiger partial charge is 0.463 e. The van der Waals surface area contributed by atoms with Crippen LogP contribution in [0.4, 0.5) is 4.79 Å². The van der Waals surface area contributed by atoms with Gasteiger partial charge in [0.05, 0.1) is 12.0 Å². The summed E-state index contributed by atoms with van der Waals surface area (Å²) in [6.45, 7) is 5.34. The Morgan fingerprint density at radius 3 is 2.59 bits per heavy atom. The molecule has 0 aliphatic carbocycles. The maximum atomic E-state index is 11.5. The Bertz CT molecular complexity index is 333. The molecule has 0 saturated carbocycles. The average Bonchev–Trinajstić information content (AvgIpc) is 2.64. The second-order valence-electron chi connectivity index (χ2n) is 4.44. The summed E-state index contributed by atoms with van der Waals surface area (Å²) in [5.41, 5.74) is -0.755. The van der Waals surface area contributed by atoms with Gasteiger partial charge in [0, 0.05) is 6.42 Å². The first-order valence-electron chi connectivity index (χ1n) is 5.46. The van der Waals surface area contributed by atoms with Crippen LogP contribution < -0.4 is 0 Å². The minimum Gasteiger partial charge on any atom is -0.463 e. The molecular formula is C11H16O6. The highest BCUT2D eigenvalue weighted by Crippen LogP contribution is 2.22. The van der Waals surface area contributed by atoms with Crippen molar-refractivity contribution in [2.24, 2.45) is 5.41 Å². The molecule has 0 aromatic carbocycles. The number of hydrogen-bond acceptors (Lipinski definition) is 6. The fourth-order valence-electron chi connectivity index (χ4n) is 1.08. The number of ether oxygens (including phenoxy) is 3. The van der Waals surface area contributed by atoms with Crippen LogP contribution in [0.1, 0.15) is 33.6 Å². The minimum absolute atomic E-state index is 0.213. The van der Waals surface area contributed by atoms with Crippen LogP contribution in [0.3, 0.4) is 0 Å². The second-order valence-corrected chi connectivity index (χ2v) is 4.44. The molecule has 1 unspecified atom stereocenters. The Morgan fingerprint density at radius 2 is 2.12 bits per heavy atom. The van der Waals surface area contributed by atoms with Gasteiger partial charge in [-0.25, -0.2) is 9.59 Å². The molecule has 1 saturated heterocycles. The lowest BCUT2D eigenvalue weighted by molar-refractivity contribution is -0.154. The molecule has 1 aliphatic heterocycles. The molecule has 0 spiro atoms. The molecule has 6 heteroatoms. The van der Waals surface area contributed by atoms with E-state index in [1.54, 1.807) is 20.8 Å². The molecule has 0 amide bonds. The molecular weight excluding hydrogens is 228 g/mol. The molecule has 0 aromatic heterocycles. The maximum Gasteiger partial charge on any atom is 0.517 e. The third-order valence-corrected chi connectivity index (χ3v) is 2.74. The minimum atomic E-state index is -1.15. The zero-order valence-electron chi connectivity index (χ0n) is 10.1. The Morgan fingerprint density at radius 1 is 1.47 bits per heavy atom. The first kappa shape index (κ1) is 13.5. The van der Waals surface area contributed by atoms with Crippen molar-refractivity contribution in [2.45, 2.75) is 39.7 Å². The van der Waals surface area contributed by atoms with Gasteiger partial charge in [-0.3, -0.25) is 4.79 Å². The molecule has 1 rings (SSSR count). The Hall–Kier alpha value is -1.59. The van der Waals surface area contributed by atoms with E-state index in [-0.39, 0.29) is 6.61 Å². The lowest BCUT2D eigenvalue weighted by Gasteiger charge is -2.19. The van der Waals surface area contributed by atoms with Gasteiger partial charge in [0.1, 0.15) is 0 Å². The molecule has 1 aliphatic rings. The van der Waals surface area contributed by atoms with Crippen molar-refractivity contribution < 1.29 is 28.6 Å². The van der Waals surface area contributed by atoms with Crippen LogP contribution in [0.15, 0.2) is 0 Å². The molecule has 0 aromatic rings. The van der Waals surface area contributed by atoms with E-state index in [0.29, 0.717) is 12.8 Å². The zero-order valence-corrected chi connectivity index (χ0v) is 10.1. The van der Waals surface area contributed by atoms with E-state index in [2.05, 4.69) is 14.2 Å². The number of esters is 2. The Labute approximate surface area is 99.2 Å². The summed E-state index contributed by atoms with van der Waals surface area (Å²) in [6, 6.07) is 0. The molecule has 0 radical (unpaired) electrons. The van der Waals surface area contributed by atoms with E-state index < -0.39 is 29.6 Å². The van der Waals surface area contributed by atoms with Crippen molar-refractivity contribution in [3.05, 3.63) is 0 Å². The van der Waals surface area contributed by atoms with Crippen LogP contribution >= 0.6 is 0 Å². The fourth-order valence-corrected chi connectivity index (χ4v) is 1.08. The highest BCUT2D eigenvalue weighted by Gasteiger charge is 2.34. The van der Waals surface area contributed by atoms with Crippen LogP contribution in [0, 0.1) is 5.41 Å². The predicted molar refractivity (Wildman–Crippen MR) is 56.0 cm³/mol. The van der Waals surface area contributed by atoms with Crippen LogP contribution in [-0.2, 0) is 23.8 Å². The summed E-state index contributed by atoms with van der Waals surface area (Å²) >= 11 is 0. The predicted octanol–water partition coefficient (Wildman–Crippen LogP) is 1.42. The van der Waals surface area contributed by atoms with Crippen molar-refractivity contribution >= 4 is 18.1 Å². The van der Waals surface area contributed by atoms with E-state index in [1.165, 1.54) is 0 Å². The van der Waals surface area contributed by atoms with Gasteiger partial charge in [-0.1, -0.05) is 6.92 Å². The zero-order chi connectivity index (χ0) is 13.1. The average molecular weight is 244 g/mol. The van der Waals surface area contributed by atoms with E-state index in [1.807, 2.05) is 0 Å². The number of cyclic esters (lactones) is 1. The summed E-state index contributed by atoms with van der Waals surface area (Å²) in [5.74, 6) is -1.28. The van der Waals surface area contributed by atoms with Crippen LogP contribution in [0.5, 0.6) is 0 Å². The molecule has 0 bridgehead atoms. The highest BCUT2D eigenvalue weighted by molar-refractivity contribution is 5.87. The lowest BCUT2D eigenvalue weighted by Crippen LogP contribution is -2.31. The van der Waals surface area contributed by atoms with Crippen molar-refractivity contribution in [1.29, 1.82) is 0 Å². The Kier molecular flexibility index (Phi) is 4.09. The Balaban J connectivity index is 2.45. The van der Waals surface area contributed by atoms with E-state index in [9.17, 15) is 14.4 Å². The summed E-state index contributed by atoms with van der Waals surface area (Å²) < 4.78 is 13.8. The fraction of sp³-hybridized carbons (Fsp3) is 0.727. The third kappa shape index (κ3) is 3.44. The quantitative estimate of drug-likeness (QED) is 0.551. The van der Waals surface area contributed by atoms with E-state index in [0.717, 1.165) is 0 Å². The van der Waals surface area contributed by atoms with Crippen molar-refractivity contribution in [1.82, 2.24) is 0 Å². The third-order valence-electron chi connectivity index (χ3n) is 2.74. The van der Waals surface area contributed by atoms with Gasteiger partial charge >= 0.3 is 18.1 Å². The van der Waals surface area contributed by atoms with Crippen LogP contribution in [0.2, 0.25) is 0 Å². The number of carbonyl (C=O) groups is 3. The van der Waals surface area contributed by atoms with Crippen LogP contribution in [0.25, 0.3) is 0 Å². The van der Waals surface area contributed by atoms with Gasteiger partial charge in [-0.05, 0) is 20.3 Å². The highest BCUT2D eigenvalue weighted by atomic mass is 16.8. The molecule has 1 heterocycles. The number of carbonyl (C=O) groups excluding carboxylic acids is 3. The van der Waals surface area contributed by atoms with E-state index in [4.69, 9.17) is 0 Å². The SMILES string of the molecule is CCC(C)(C)C(=O)OC(=O)OC1CCOC1=O. The molecule has 0 N–H and O–H groups in total. The standard InChI is InChI=1S/C11H16O6/c1-4-11(2,3)9(13)17-10(14)16-7-5-6-15-8(7)12/h7H,4-6H2,1-3H3. The molecule has 96 valence electrons. The summed E-state index contributed by atoms with van der Waals surface area (Å²) in [6.07, 6.45) is -1.29. The van der Waals surface area contributed by atoms with Gasteiger partial charge in [-0.15, -0.1) is 0 Å². The van der Waals surface area contributed by atoms with Crippen molar-refractivity contribution in [3.63, 3.8) is 0 Å². The van der Waals surface area contributed by atoms with E-state index >= 15 is 0 Å². The molecule has 1 fully saturated rings. The normalized spacial score (nSPS) is 19.7. The molecule has 6 nitrogen and oxygen atoms in total. The van der Waals surface area contributed by atoms with Gasteiger partial charge in [-0.2, -0.15) is 0 Å². The number of rotatable bonds is 3. The van der Waals surface area contributed by atoms with Gasteiger partial charge in [0.25, 0.3) is 0 Å². The van der Waals surface area contributed by atoms with Gasteiger partial charge in [0.2, 0.25) is 6.10 Å².